The fourth-order valence-corrected chi connectivity index (χ4v) is 4.86. The molecule has 2 aliphatic carbocycles. The first-order valence-electron chi connectivity index (χ1n) is 10.9. The lowest BCUT2D eigenvalue weighted by Crippen LogP contribution is -2.42. The first kappa shape index (κ1) is 20.0. The van der Waals surface area contributed by atoms with Crippen LogP contribution in [0.1, 0.15) is 56.4 Å². The van der Waals surface area contributed by atoms with Gasteiger partial charge in [0.05, 0.1) is 14.2 Å². The number of hydrogen-bond donors (Lipinski definition) is 1. The maximum atomic E-state index is 13.1. The summed E-state index contributed by atoms with van der Waals surface area (Å²) in [6.07, 6.45) is 6.59. The molecule has 2 amide bonds. The van der Waals surface area contributed by atoms with E-state index in [2.05, 4.69) is 11.4 Å². The van der Waals surface area contributed by atoms with E-state index in [9.17, 15) is 9.59 Å². The van der Waals surface area contributed by atoms with Crippen molar-refractivity contribution >= 4 is 11.8 Å². The summed E-state index contributed by atoms with van der Waals surface area (Å²) in [5.41, 5.74) is 1.12. The van der Waals surface area contributed by atoms with Crippen LogP contribution in [0.5, 0.6) is 11.5 Å². The summed E-state index contributed by atoms with van der Waals surface area (Å²) >= 11 is 0. The molecule has 1 saturated heterocycles. The number of para-hydroxylation sites is 1. The molecule has 2 saturated carbocycles. The Morgan fingerprint density at radius 2 is 1.69 bits per heavy atom. The molecule has 6 nitrogen and oxygen atoms in total. The Kier molecular flexibility index (Phi) is 5.97. The highest BCUT2D eigenvalue weighted by atomic mass is 16.5. The molecular formula is C23H32N2O4. The van der Waals surface area contributed by atoms with Gasteiger partial charge in [0.25, 0.3) is 0 Å². The molecule has 0 radical (unpaired) electrons. The SMILES string of the molecule is COc1cccc(C2CCN(C(=O)C3CCC(NC(=O)C4CC4)CC3)C2)c1OC. The third kappa shape index (κ3) is 4.36. The smallest absolute Gasteiger partial charge is 0.225 e. The van der Waals surface area contributed by atoms with E-state index in [1.807, 2.05) is 17.0 Å². The fourth-order valence-electron chi connectivity index (χ4n) is 4.86. The van der Waals surface area contributed by atoms with E-state index >= 15 is 0 Å². The number of amides is 2. The van der Waals surface area contributed by atoms with Crippen LogP contribution in [0, 0.1) is 11.8 Å². The van der Waals surface area contributed by atoms with Gasteiger partial charge >= 0.3 is 0 Å². The summed E-state index contributed by atoms with van der Waals surface area (Å²) in [4.78, 5) is 27.1. The number of nitrogens with one attached hydrogen (secondary N) is 1. The zero-order chi connectivity index (χ0) is 20.4. The van der Waals surface area contributed by atoms with Gasteiger partial charge in [-0.3, -0.25) is 9.59 Å². The van der Waals surface area contributed by atoms with Crippen LogP contribution in [0.25, 0.3) is 0 Å². The van der Waals surface area contributed by atoms with E-state index in [4.69, 9.17) is 9.47 Å². The minimum Gasteiger partial charge on any atom is -0.493 e. The van der Waals surface area contributed by atoms with E-state index in [-0.39, 0.29) is 35.6 Å². The highest BCUT2D eigenvalue weighted by Crippen LogP contribution is 2.40. The summed E-state index contributed by atoms with van der Waals surface area (Å²) in [5.74, 6) is 2.64. The van der Waals surface area contributed by atoms with Crippen molar-refractivity contribution in [3.05, 3.63) is 23.8 Å². The normalized spacial score (nSPS) is 26.8. The topological polar surface area (TPSA) is 67.9 Å². The molecule has 0 bridgehead atoms. The first-order valence-corrected chi connectivity index (χ1v) is 10.9. The van der Waals surface area contributed by atoms with Gasteiger partial charge in [-0.1, -0.05) is 12.1 Å². The maximum Gasteiger partial charge on any atom is 0.225 e. The summed E-state index contributed by atoms with van der Waals surface area (Å²) in [6.45, 7) is 1.53. The Morgan fingerprint density at radius 1 is 0.966 bits per heavy atom. The van der Waals surface area contributed by atoms with Crippen molar-refractivity contribution < 1.29 is 19.1 Å². The molecule has 158 valence electrons. The zero-order valence-corrected chi connectivity index (χ0v) is 17.5. The Morgan fingerprint density at radius 3 is 2.34 bits per heavy atom. The molecule has 1 aliphatic heterocycles. The number of likely N-dealkylation sites (tertiary alicyclic amines) is 1. The summed E-state index contributed by atoms with van der Waals surface area (Å²) < 4.78 is 11.0. The van der Waals surface area contributed by atoms with Crippen molar-refractivity contribution in [2.75, 3.05) is 27.3 Å². The average Bonchev–Trinajstić information content (AvgIpc) is 3.50. The van der Waals surface area contributed by atoms with Crippen LogP contribution >= 0.6 is 0 Å². The largest absolute Gasteiger partial charge is 0.493 e. The molecule has 0 spiro atoms. The van der Waals surface area contributed by atoms with Gasteiger partial charge in [0.1, 0.15) is 0 Å². The van der Waals surface area contributed by atoms with Crippen LogP contribution in [-0.4, -0.2) is 50.1 Å². The molecule has 1 N–H and O–H groups in total. The molecule has 1 heterocycles. The number of carbonyl (C=O) groups is 2. The number of benzene rings is 1. The molecule has 1 atom stereocenters. The van der Waals surface area contributed by atoms with Gasteiger partial charge < -0.3 is 19.7 Å². The molecule has 0 aromatic heterocycles. The van der Waals surface area contributed by atoms with Crippen molar-refractivity contribution in [1.29, 1.82) is 0 Å². The summed E-state index contributed by atoms with van der Waals surface area (Å²) in [5, 5.41) is 3.17. The third-order valence-corrected chi connectivity index (χ3v) is 6.74. The highest BCUT2D eigenvalue weighted by molar-refractivity contribution is 5.81. The molecule has 1 unspecified atom stereocenters. The maximum absolute atomic E-state index is 13.1. The Bertz CT molecular complexity index is 753. The second-order valence-electron chi connectivity index (χ2n) is 8.68. The molecule has 4 rings (SSSR count). The lowest BCUT2D eigenvalue weighted by Gasteiger charge is -2.31. The van der Waals surface area contributed by atoms with Crippen LogP contribution < -0.4 is 14.8 Å². The monoisotopic (exact) mass is 400 g/mol. The van der Waals surface area contributed by atoms with Crippen molar-refractivity contribution in [3.8, 4) is 11.5 Å². The van der Waals surface area contributed by atoms with Crippen molar-refractivity contribution in [2.24, 2.45) is 11.8 Å². The van der Waals surface area contributed by atoms with E-state index in [1.165, 1.54) is 0 Å². The van der Waals surface area contributed by atoms with Crippen molar-refractivity contribution in [2.45, 2.75) is 56.9 Å². The molecule has 6 heteroatoms. The second-order valence-corrected chi connectivity index (χ2v) is 8.68. The lowest BCUT2D eigenvalue weighted by atomic mass is 9.85. The van der Waals surface area contributed by atoms with Gasteiger partial charge in [0.15, 0.2) is 11.5 Å². The third-order valence-electron chi connectivity index (χ3n) is 6.74. The number of ether oxygens (including phenoxy) is 2. The van der Waals surface area contributed by atoms with Crippen LogP contribution in [0.4, 0.5) is 0 Å². The van der Waals surface area contributed by atoms with Crippen LogP contribution in [0.15, 0.2) is 18.2 Å². The Balaban J connectivity index is 1.31. The fraction of sp³-hybridized carbons (Fsp3) is 0.652. The molecule has 1 aromatic rings. The van der Waals surface area contributed by atoms with Gasteiger partial charge in [0, 0.05) is 42.4 Å². The highest BCUT2D eigenvalue weighted by Gasteiger charge is 2.36. The van der Waals surface area contributed by atoms with Gasteiger partial charge in [-0.05, 0) is 51.0 Å². The molecule has 3 fully saturated rings. The van der Waals surface area contributed by atoms with Gasteiger partial charge in [-0.25, -0.2) is 0 Å². The van der Waals surface area contributed by atoms with E-state index in [0.717, 1.165) is 75.1 Å². The van der Waals surface area contributed by atoms with Crippen molar-refractivity contribution in [1.82, 2.24) is 10.2 Å². The number of hydrogen-bond acceptors (Lipinski definition) is 4. The van der Waals surface area contributed by atoms with Gasteiger partial charge in [-0.2, -0.15) is 0 Å². The predicted octanol–water partition coefficient (Wildman–Crippen LogP) is 3.10. The molecular weight excluding hydrogens is 368 g/mol. The van der Waals surface area contributed by atoms with E-state index in [1.54, 1.807) is 14.2 Å². The number of carbonyl (C=O) groups excluding carboxylic acids is 2. The summed E-state index contributed by atoms with van der Waals surface area (Å²) in [6, 6.07) is 6.21. The minimum absolute atomic E-state index is 0.0926. The first-order chi connectivity index (χ1) is 14.1. The number of rotatable bonds is 6. The van der Waals surface area contributed by atoms with Crippen molar-refractivity contribution in [3.63, 3.8) is 0 Å². The predicted molar refractivity (Wildman–Crippen MR) is 110 cm³/mol. The van der Waals surface area contributed by atoms with E-state index < -0.39 is 0 Å². The number of nitrogens with zero attached hydrogens (tertiary/aromatic N) is 1. The molecule has 1 aromatic carbocycles. The van der Waals surface area contributed by atoms with Gasteiger partial charge in [0.2, 0.25) is 11.8 Å². The average molecular weight is 401 g/mol. The van der Waals surface area contributed by atoms with Crippen LogP contribution in [-0.2, 0) is 9.59 Å². The van der Waals surface area contributed by atoms with Crippen LogP contribution in [0.3, 0.4) is 0 Å². The zero-order valence-electron chi connectivity index (χ0n) is 17.5. The summed E-state index contributed by atoms with van der Waals surface area (Å²) in [7, 11) is 3.31. The minimum atomic E-state index is 0.0926. The van der Waals surface area contributed by atoms with E-state index in [0.29, 0.717) is 0 Å². The Hall–Kier alpha value is -2.24. The second kappa shape index (κ2) is 8.64. The lowest BCUT2D eigenvalue weighted by molar-refractivity contribution is -0.135. The molecule has 3 aliphatic rings. The Labute approximate surface area is 172 Å². The van der Waals surface area contributed by atoms with Crippen LogP contribution in [0.2, 0.25) is 0 Å². The van der Waals surface area contributed by atoms with Gasteiger partial charge in [-0.15, -0.1) is 0 Å². The standard InChI is InChI=1S/C23H32N2O4/c1-28-20-5-3-4-19(21(20)29-2)17-12-13-25(14-17)23(27)16-8-10-18(11-9-16)24-22(26)15-6-7-15/h3-5,15-18H,6-14H2,1-2H3,(H,24,26). The molecule has 29 heavy (non-hydrogen) atoms. The number of methoxy groups -OCH3 is 2. The quantitative estimate of drug-likeness (QED) is 0.797.